The molecule has 0 saturated carbocycles. The van der Waals surface area contributed by atoms with Gasteiger partial charge in [-0.2, -0.15) is 0 Å². The van der Waals surface area contributed by atoms with Gasteiger partial charge in [-0.25, -0.2) is 4.39 Å². The van der Waals surface area contributed by atoms with Gasteiger partial charge in [-0.1, -0.05) is 24.3 Å². The highest BCUT2D eigenvalue weighted by Crippen LogP contribution is 2.30. The average Bonchev–Trinajstić information content (AvgIpc) is 2.99. The van der Waals surface area contributed by atoms with Crippen LogP contribution in [-0.2, 0) is 6.42 Å². The van der Waals surface area contributed by atoms with Gasteiger partial charge in [-0.15, -0.1) is 11.3 Å². The fourth-order valence-electron chi connectivity index (χ4n) is 2.39. The maximum atomic E-state index is 13.0. The molecule has 0 fully saturated rings. The number of hydrogen-bond acceptors (Lipinski definition) is 2. The Morgan fingerprint density at radius 3 is 2.55 bits per heavy atom. The van der Waals surface area contributed by atoms with Crippen molar-refractivity contribution in [3.63, 3.8) is 0 Å². The van der Waals surface area contributed by atoms with E-state index in [1.807, 2.05) is 18.2 Å². The van der Waals surface area contributed by atoms with E-state index >= 15 is 0 Å². The molecule has 110 valence electrons. The van der Waals surface area contributed by atoms with Gasteiger partial charge in [0.25, 0.3) is 0 Å². The van der Waals surface area contributed by atoms with Gasteiger partial charge in [0.1, 0.15) is 12.1 Å². The van der Waals surface area contributed by atoms with Crippen molar-refractivity contribution in [2.24, 2.45) is 0 Å². The number of carbonyl (C=O) groups is 1. The van der Waals surface area contributed by atoms with Crippen molar-refractivity contribution in [3.05, 3.63) is 82.0 Å². The van der Waals surface area contributed by atoms with E-state index in [0.717, 1.165) is 28.7 Å². The van der Waals surface area contributed by atoms with Gasteiger partial charge in [0.05, 0.1) is 0 Å². The monoisotopic (exact) mass is 310 g/mol. The van der Waals surface area contributed by atoms with E-state index in [1.165, 1.54) is 22.6 Å². The molecule has 1 aromatic heterocycles. The lowest BCUT2D eigenvalue weighted by atomic mass is 10.0. The fraction of sp³-hybridized carbons (Fsp3) is 0.105. The molecule has 3 rings (SSSR count). The summed E-state index contributed by atoms with van der Waals surface area (Å²) in [6.45, 7) is 2.05. The number of rotatable bonds is 4. The lowest BCUT2D eigenvalue weighted by Crippen LogP contribution is -1.92. The van der Waals surface area contributed by atoms with Crippen LogP contribution >= 0.6 is 11.3 Å². The molecule has 0 amide bonds. The topological polar surface area (TPSA) is 17.1 Å². The van der Waals surface area contributed by atoms with Crippen molar-refractivity contribution in [2.45, 2.75) is 13.3 Å². The van der Waals surface area contributed by atoms with Crippen LogP contribution < -0.4 is 0 Å². The standard InChI is InChI=1S/C19H15FOS/c1-13-2-3-14(12-21)10-16(13)11-18-8-9-19(22-18)15-4-6-17(20)7-5-15/h2-10,12H,11H2,1H3. The van der Waals surface area contributed by atoms with Gasteiger partial charge < -0.3 is 0 Å². The van der Waals surface area contributed by atoms with E-state index < -0.39 is 0 Å². The number of aryl methyl sites for hydroxylation is 1. The molecule has 0 aliphatic rings. The molecular formula is C19H15FOS. The summed E-state index contributed by atoms with van der Waals surface area (Å²) in [5.74, 6) is -0.221. The molecular weight excluding hydrogens is 295 g/mol. The van der Waals surface area contributed by atoms with Gasteiger partial charge in [0.15, 0.2) is 0 Å². The van der Waals surface area contributed by atoms with Crippen LogP contribution in [0.1, 0.15) is 26.4 Å². The third-order valence-corrected chi connectivity index (χ3v) is 4.80. The molecule has 0 aliphatic heterocycles. The second-order valence-corrected chi connectivity index (χ2v) is 6.42. The molecule has 0 unspecified atom stereocenters. The zero-order valence-corrected chi connectivity index (χ0v) is 13.0. The summed E-state index contributed by atoms with van der Waals surface area (Å²) in [6.07, 6.45) is 1.68. The number of aldehydes is 1. The van der Waals surface area contributed by atoms with Crippen LogP contribution in [-0.4, -0.2) is 6.29 Å². The molecule has 0 saturated heterocycles. The van der Waals surface area contributed by atoms with E-state index in [9.17, 15) is 9.18 Å². The molecule has 1 nitrogen and oxygen atoms in total. The molecule has 3 aromatic rings. The third-order valence-electron chi connectivity index (χ3n) is 3.66. The summed E-state index contributed by atoms with van der Waals surface area (Å²) in [5, 5.41) is 0. The van der Waals surface area contributed by atoms with Crippen LogP contribution in [0.15, 0.2) is 54.6 Å². The van der Waals surface area contributed by atoms with Crippen LogP contribution in [0.5, 0.6) is 0 Å². The van der Waals surface area contributed by atoms with E-state index in [4.69, 9.17) is 0 Å². The summed E-state index contributed by atoms with van der Waals surface area (Å²) in [5.41, 5.74) is 4.08. The Morgan fingerprint density at radius 2 is 1.82 bits per heavy atom. The van der Waals surface area contributed by atoms with Crippen LogP contribution in [0, 0.1) is 12.7 Å². The maximum Gasteiger partial charge on any atom is 0.150 e. The lowest BCUT2D eigenvalue weighted by Gasteiger charge is -2.05. The summed E-state index contributed by atoms with van der Waals surface area (Å²) in [7, 11) is 0. The van der Waals surface area contributed by atoms with Crippen molar-refractivity contribution in [1.82, 2.24) is 0 Å². The van der Waals surface area contributed by atoms with Gasteiger partial charge >= 0.3 is 0 Å². The van der Waals surface area contributed by atoms with Crippen LogP contribution in [0.3, 0.4) is 0 Å². The summed E-state index contributed by atoms with van der Waals surface area (Å²) < 4.78 is 13.0. The second kappa shape index (κ2) is 6.24. The maximum absolute atomic E-state index is 13.0. The highest BCUT2D eigenvalue weighted by molar-refractivity contribution is 7.15. The van der Waals surface area contributed by atoms with Gasteiger partial charge in [-0.3, -0.25) is 4.79 Å². The first-order valence-electron chi connectivity index (χ1n) is 7.05. The van der Waals surface area contributed by atoms with Gasteiger partial charge in [-0.05, 0) is 53.9 Å². The summed E-state index contributed by atoms with van der Waals surface area (Å²) in [6, 6.07) is 16.5. The lowest BCUT2D eigenvalue weighted by molar-refractivity contribution is 0.112. The van der Waals surface area contributed by atoms with Gasteiger partial charge in [0.2, 0.25) is 0 Å². The number of thiophene rings is 1. The third kappa shape index (κ3) is 3.15. The predicted molar refractivity (Wildman–Crippen MR) is 89.1 cm³/mol. The molecule has 0 radical (unpaired) electrons. The van der Waals surface area contributed by atoms with Crippen LogP contribution in [0.4, 0.5) is 4.39 Å². The summed E-state index contributed by atoms with van der Waals surface area (Å²) in [4.78, 5) is 13.3. The van der Waals surface area contributed by atoms with Gasteiger partial charge in [0, 0.05) is 21.7 Å². The molecule has 0 spiro atoms. The van der Waals surface area contributed by atoms with Crippen LogP contribution in [0.25, 0.3) is 10.4 Å². The molecule has 0 bridgehead atoms. The zero-order chi connectivity index (χ0) is 15.5. The molecule has 0 N–H and O–H groups in total. The second-order valence-electron chi connectivity index (χ2n) is 5.25. The highest BCUT2D eigenvalue weighted by Gasteiger charge is 2.06. The normalized spacial score (nSPS) is 10.6. The van der Waals surface area contributed by atoms with Crippen LogP contribution in [0.2, 0.25) is 0 Å². The van der Waals surface area contributed by atoms with Crippen molar-refractivity contribution < 1.29 is 9.18 Å². The smallest absolute Gasteiger partial charge is 0.150 e. The SMILES string of the molecule is Cc1ccc(C=O)cc1Cc1ccc(-c2ccc(F)cc2)s1. The molecule has 0 aliphatic carbocycles. The Balaban J connectivity index is 1.85. The first-order valence-corrected chi connectivity index (χ1v) is 7.87. The van der Waals surface area contributed by atoms with Crippen molar-refractivity contribution in [2.75, 3.05) is 0 Å². The van der Waals surface area contributed by atoms with E-state index in [2.05, 4.69) is 19.1 Å². The number of benzene rings is 2. The number of hydrogen-bond donors (Lipinski definition) is 0. The Labute approximate surface area is 133 Å². The quantitative estimate of drug-likeness (QED) is 0.600. The summed E-state index contributed by atoms with van der Waals surface area (Å²) >= 11 is 1.70. The number of halogens is 1. The highest BCUT2D eigenvalue weighted by atomic mass is 32.1. The molecule has 1 heterocycles. The van der Waals surface area contributed by atoms with Crippen molar-refractivity contribution in [3.8, 4) is 10.4 Å². The van der Waals surface area contributed by atoms with E-state index in [1.54, 1.807) is 23.5 Å². The molecule has 0 atom stereocenters. The zero-order valence-electron chi connectivity index (χ0n) is 12.2. The first-order chi connectivity index (χ1) is 10.7. The molecule has 22 heavy (non-hydrogen) atoms. The predicted octanol–water partition coefficient (Wildman–Crippen LogP) is 5.27. The first kappa shape index (κ1) is 14.7. The Hall–Kier alpha value is -2.26. The largest absolute Gasteiger partial charge is 0.298 e. The Kier molecular flexibility index (Phi) is 4.16. The number of carbonyl (C=O) groups excluding carboxylic acids is 1. The fourth-order valence-corrected chi connectivity index (χ4v) is 3.42. The van der Waals surface area contributed by atoms with E-state index in [0.29, 0.717) is 5.56 Å². The Morgan fingerprint density at radius 1 is 1.05 bits per heavy atom. The van der Waals surface area contributed by atoms with Crippen molar-refractivity contribution in [1.29, 1.82) is 0 Å². The minimum atomic E-state index is -0.221. The van der Waals surface area contributed by atoms with Crippen molar-refractivity contribution >= 4 is 17.6 Å². The minimum Gasteiger partial charge on any atom is -0.298 e. The average molecular weight is 310 g/mol. The molecule has 3 heteroatoms. The Bertz CT molecular complexity index is 803. The molecule has 2 aromatic carbocycles. The minimum absolute atomic E-state index is 0.221. The van der Waals surface area contributed by atoms with E-state index in [-0.39, 0.29) is 5.82 Å².